The maximum absolute atomic E-state index is 6.04. The molecule has 5 heteroatoms. The van der Waals surface area contributed by atoms with E-state index < -0.39 is 0 Å². The Bertz CT molecular complexity index is 1170. The van der Waals surface area contributed by atoms with E-state index in [0.717, 1.165) is 45.4 Å². The summed E-state index contributed by atoms with van der Waals surface area (Å²) in [5.74, 6) is 1.80. The van der Waals surface area contributed by atoms with Crippen LogP contribution in [-0.2, 0) is 6.61 Å². The summed E-state index contributed by atoms with van der Waals surface area (Å²) in [6.07, 6.45) is 17.1. The molecule has 0 aromatic heterocycles. The number of amidine groups is 1. The number of allylic oxidation sites excluding steroid dienone is 7. The van der Waals surface area contributed by atoms with Crippen molar-refractivity contribution in [1.82, 2.24) is 0 Å². The van der Waals surface area contributed by atoms with Crippen molar-refractivity contribution in [3.05, 3.63) is 125 Å². The van der Waals surface area contributed by atoms with Gasteiger partial charge in [0.05, 0.1) is 18.0 Å². The minimum Gasteiger partial charge on any atom is -1.00 e. The zero-order valence-corrected chi connectivity index (χ0v) is 17.7. The molecule has 0 fully saturated rings. The van der Waals surface area contributed by atoms with Gasteiger partial charge in [0.25, 0.3) is 0 Å². The van der Waals surface area contributed by atoms with Crippen LogP contribution >= 0.6 is 0 Å². The molecule has 0 saturated heterocycles. The summed E-state index contributed by atoms with van der Waals surface area (Å²) < 4.78 is 6.04. The molecule has 1 N–H and O–H groups in total. The second-order valence-corrected chi connectivity index (χ2v) is 7.24. The molecule has 1 unspecified atom stereocenters. The van der Waals surface area contributed by atoms with Crippen LogP contribution in [-0.4, -0.2) is 12.1 Å². The smallest absolute Gasteiger partial charge is 0.244 e. The predicted molar refractivity (Wildman–Crippen MR) is 120 cm³/mol. The largest absolute Gasteiger partial charge is 1.00 e. The maximum atomic E-state index is 6.04. The Kier molecular flexibility index (Phi) is 6.41. The fourth-order valence-electron chi connectivity index (χ4n) is 3.71. The van der Waals surface area contributed by atoms with Gasteiger partial charge in [-0.25, -0.2) is 4.90 Å². The first-order valence-corrected chi connectivity index (χ1v) is 10.1. The van der Waals surface area contributed by atoms with Gasteiger partial charge in [0, 0.05) is 0 Å². The van der Waals surface area contributed by atoms with Gasteiger partial charge in [-0.1, -0.05) is 66.8 Å². The van der Waals surface area contributed by atoms with Crippen molar-refractivity contribution in [3.8, 4) is 5.75 Å². The standard InChI is InChI=1S/C26H21N3O.ClH/c1-2-7-12-21(11-6-1)25-24-18-27-15-16-29(24)26(28-25)22-13-8-14-23(17-22)30-19-20-9-4-3-5-10-20;/h1-11,13-18H,12,19H2;1H. The third kappa shape index (κ3) is 4.50. The highest BCUT2D eigenvalue weighted by Gasteiger charge is 2.34. The number of nitrogens with zero attached hydrogens (tertiary/aromatic N) is 2. The summed E-state index contributed by atoms with van der Waals surface area (Å²) in [5, 5.41) is 0. The van der Waals surface area contributed by atoms with Gasteiger partial charge >= 0.3 is 0 Å². The monoisotopic (exact) mass is 427 g/mol. The number of rotatable bonds is 5. The van der Waals surface area contributed by atoms with E-state index >= 15 is 0 Å². The van der Waals surface area contributed by atoms with Gasteiger partial charge in [0.15, 0.2) is 5.70 Å². The molecule has 1 atom stereocenters. The van der Waals surface area contributed by atoms with Crippen LogP contribution in [0.4, 0.5) is 0 Å². The SMILES string of the molecule is C1=CC=C(C2=C3C=NC=C[NH+]3C(c3cccc(OCc4ccccc4)c3)=N2)CC=C1.[Cl-]. The molecule has 4 nitrogen and oxygen atoms in total. The first kappa shape index (κ1) is 20.8. The summed E-state index contributed by atoms with van der Waals surface area (Å²) in [4.78, 5) is 10.5. The van der Waals surface area contributed by atoms with Crippen molar-refractivity contribution in [2.45, 2.75) is 13.0 Å². The lowest BCUT2D eigenvalue weighted by molar-refractivity contribution is -0.689. The summed E-state index contributed by atoms with van der Waals surface area (Å²) >= 11 is 0. The van der Waals surface area contributed by atoms with Crippen LogP contribution in [0.5, 0.6) is 5.75 Å². The number of hydrogen-bond donors (Lipinski definition) is 1. The zero-order chi connectivity index (χ0) is 20.2. The highest BCUT2D eigenvalue weighted by atomic mass is 35.5. The number of aliphatic imine (C=N–C) groups is 2. The number of hydrogen-bond acceptors (Lipinski definition) is 3. The van der Waals surface area contributed by atoms with Crippen LogP contribution in [0.2, 0.25) is 0 Å². The molecule has 1 aliphatic carbocycles. The van der Waals surface area contributed by atoms with Crippen LogP contribution in [0.3, 0.4) is 0 Å². The van der Waals surface area contributed by atoms with Crippen LogP contribution in [0.15, 0.2) is 124 Å². The Balaban J connectivity index is 0.00000231. The Hall–Kier alpha value is -3.47. The van der Waals surface area contributed by atoms with Gasteiger partial charge in [-0.3, -0.25) is 4.99 Å². The number of nitrogens with one attached hydrogen (secondary N) is 1. The minimum absolute atomic E-state index is 0. The minimum atomic E-state index is 0. The highest BCUT2D eigenvalue weighted by molar-refractivity contribution is 5.99. The summed E-state index contributed by atoms with van der Waals surface area (Å²) in [5.41, 5.74) is 5.47. The quantitative estimate of drug-likeness (QED) is 0.763. The van der Waals surface area contributed by atoms with E-state index in [0.29, 0.717) is 6.61 Å². The second-order valence-electron chi connectivity index (χ2n) is 7.24. The van der Waals surface area contributed by atoms with E-state index in [9.17, 15) is 0 Å². The van der Waals surface area contributed by atoms with E-state index in [1.165, 1.54) is 5.57 Å². The first-order valence-electron chi connectivity index (χ1n) is 10.1. The van der Waals surface area contributed by atoms with Gasteiger partial charge in [0.2, 0.25) is 5.84 Å². The predicted octanol–water partition coefficient (Wildman–Crippen LogP) is 1.12. The molecule has 2 aromatic carbocycles. The molecule has 5 rings (SSSR count). The molecule has 0 spiro atoms. The van der Waals surface area contributed by atoms with Gasteiger partial charge in [-0.15, -0.1) is 0 Å². The van der Waals surface area contributed by atoms with Gasteiger partial charge in [-0.2, -0.15) is 4.99 Å². The lowest BCUT2D eigenvalue weighted by Gasteiger charge is -2.14. The number of quaternary nitrogens is 1. The third-order valence-electron chi connectivity index (χ3n) is 5.21. The number of benzene rings is 2. The van der Waals surface area contributed by atoms with Gasteiger partial charge in [-0.05, 0) is 35.8 Å². The topological polar surface area (TPSA) is 38.4 Å². The molecule has 0 radical (unpaired) electrons. The molecule has 3 aliphatic rings. The lowest BCUT2D eigenvalue weighted by Crippen LogP contribution is -3.08. The highest BCUT2D eigenvalue weighted by Crippen LogP contribution is 2.25. The summed E-state index contributed by atoms with van der Waals surface area (Å²) in [7, 11) is 0. The van der Waals surface area contributed by atoms with Crippen molar-refractivity contribution in [2.75, 3.05) is 0 Å². The average Bonchev–Trinajstić information content (AvgIpc) is 2.98. The molecule has 31 heavy (non-hydrogen) atoms. The fourth-order valence-corrected chi connectivity index (χ4v) is 3.71. The van der Waals surface area contributed by atoms with E-state index in [4.69, 9.17) is 9.73 Å². The Morgan fingerprint density at radius 3 is 2.77 bits per heavy atom. The van der Waals surface area contributed by atoms with E-state index in [-0.39, 0.29) is 12.4 Å². The molecule has 154 valence electrons. The van der Waals surface area contributed by atoms with Crippen LogP contribution in [0.1, 0.15) is 17.5 Å². The zero-order valence-electron chi connectivity index (χ0n) is 16.9. The Morgan fingerprint density at radius 1 is 0.968 bits per heavy atom. The van der Waals surface area contributed by atoms with E-state index in [1.54, 1.807) is 0 Å². The molecule has 0 amide bonds. The number of halogens is 1. The number of ether oxygens (including phenoxy) is 1. The molecular weight excluding hydrogens is 406 g/mol. The summed E-state index contributed by atoms with van der Waals surface area (Å²) in [6, 6.07) is 18.4. The Morgan fingerprint density at radius 2 is 1.87 bits per heavy atom. The normalized spacial score (nSPS) is 18.8. The molecule has 2 heterocycles. The fraction of sp³-hybridized carbons (Fsp3) is 0.0769. The van der Waals surface area contributed by atoms with Crippen LogP contribution in [0, 0.1) is 0 Å². The maximum Gasteiger partial charge on any atom is 0.244 e. The molecule has 0 bridgehead atoms. The van der Waals surface area contributed by atoms with Crippen molar-refractivity contribution < 1.29 is 22.0 Å². The lowest BCUT2D eigenvalue weighted by atomic mass is 10.1. The molecule has 2 aromatic rings. The Labute approximate surface area is 188 Å². The van der Waals surface area contributed by atoms with Crippen LogP contribution in [0.25, 0.3) is 0 Å². The third-order valence-corrected chi connectivity index (χ3v) is 5.21. The van der Waals surface area contributed by atoms with Crippen molar-refractivity contribution in [3.63, 3.8) is 0 Å². The number of fused-ring (bicyclic) bond motifs is 1. The van der Waals surface area contributed by atoms with Gasteiger partial charge in [0.1, 0.15) is 24.3 Å². The van der Waals surface area contributed by atoms with Crippen molar-refractivity contribution in [2.24, 2.45) is 9.98 Å². The van der Waals surface area contributed by atoms with Crippen LogP contribution < -0.4 is 22.0 Å². The molecule has 2 aliphatic heterocycles. The van der Waals surface area contributed by atoms with E-state index in [2.05, 4.69) is 53.6 Å². The van der Waals surface area contributed by atoms with Crippen molar-refractivity contribution in [1.29, 1.82) is 0 Å². The average molecular weight is 428 g/mol. The summed E-state index contributed by atoms with van der Waals surface area (Å²) in [6.45, 7) is 0.542. The van der Waals surface area contributed by atoms with Crippen molar-refractivity contribution >= 4 is 12.1 Å². The van der Waals surface area contributed by atoms with Gasteiger partial charge < -0.3 is 17.1 Å². The van der Waals surface area contributed by atoms with E-state index in [1.807, 2.05) is 55.0 Å². The molecule has 0 saturated carbocycles. The second kappa shape index (κ2) is 9.56. The first-order chi connectivity index (χ1) is 14.9. The molecular formula is C26H22ClN3O.